The lowest BCUT2D eigenvalue weighted by atomic mass is 10.1. The molecule has 1 atom stereocenters. The molecule has 2 aromatic rings. The predicted octanol–water partition coefficient (Wildman–Crippen LogP) is 0.817. The van der Waals surface area contributed by atoms with Gasteiger partial charge in [-0.1, -0.05) is 18.2 Å². The molecular weight excluding hydrogens is 268 g/mol. The molecule has 21 heavy (non-hydrogen) atoms. The molecule has 6 nitrogen and oxygen atoms in total. The Kier molecular flexibility index (Phi) is 3.92. The number of rotatable bonds is 4. The maximum Gasteiger partial charge on any atom is 0.301 e. The molecule has 1 aliphatic heterocycles. The highest BCUT2D eigenvalue weighted by Crippen LogP contribution is 2.28. The van der Waals surface area contributed by atoms with Crippen LogP contribution >= 0.6 is 0 Å². The van der Waals surface area contributed by atoms with Crippen LogP contribution in [0.2, 0.25) is 0 Å². The molecule has 1 aromatic carbocycles. The van der Waals surface area contributed by atoms with Gasteiger partial charge in [0.1, 0.15) is 5.58 Å². The highest BCUT2D eigenvalue weighted by Gasteiger charge is 2.26. The number of nitrogens with two attached hydrogens (primary N) is 2. The van der Waals surface area contributed by atoms with Gasteiger partial charge in [0.2, 0.25) is 0 Å². The molecule has 0 bridgehead atoms. The Balaban J connectivity index is 1.94. The van der Waals surface area contributed by atoms with Gasteiger partial charge in [0, 0.05) is 24.0 Å². The van der Waals surface area contributed by atoms with E-state index in [-0.39, 0.29) is 0 Å². The van der Waals surface area contributed by atoms with Crippen LogP contribution in [0.15, 0.2) is 28.7 Å². The third kappa shape index (κ3) is 2.65. The quantitative estimate of drug-likeness (QED) is 0.439. The van der Waals surface area contributed by atoms with Crippen molar-refractivity contribution in [2.75, 3.05) is 19.6 Å². The topological polar surface area (TPSA) is 97.5 Å². The van der Waals surface area contributed by atoms with E-state index >= 15 is 0 Å². The Hall–Kier alpha value is -1.89. The van der Waals surface area contributed by atoms with Gasteiger partial charge in [-0.15, -0.1) is 0 Å². The summed E-state index contributed by atoms with van der Waals surface area (Å²) in [7, 11) is 0. The van der Waals surface area contributed by atoms with Crippen molar-refractivity contribution in [2.24, 2.45) is 17.5 Å². The zero-order valence-electron chi connectivity index (χ0n) is 11.8. The van der Waals surface area contributed by atoms with E-state index in [4.69, 9.17) is 16.0 Å². The van der Waals surface area contributed by atoms with Crippen molar-refractivity contribution in [2.45, 2.75) is 13.0 Å². The zero-order chi connectivity index (χ0) is 14.8. The number of hydrogen-bond donors (Lipinski definition) is 3. The molecule has 0 aliphatic carbocycles. The molecule has 0 spiro atoms. The SMILES string of the molecule is NCC1CCN(Cc2c(C(=O)NN)oc3ccccc23)C1. The lowest BCUT2D eigenvalue weighted by Gasteiger charge is -2.15. The second kappa shape index (κ2) is 5.85. The standard InChI is InChI=1S/C15H20N4O2/c16-7-10-5-6-19(8-10)9-12-11-3-1-2-4-13(11)21-14(12)15(20)18-17/h1-4,10H,5-9,16-17H2,(H,18,20). The molecule has 2 heterocycles. The van der Waals surface area contributed by atoms with Gasteiger partial charge in [0.15, 0.2) is 5.76 Å². The molecule has 3 rings (SSSR count). The molecule has 1 amide bonds. The fourth-order valence-corrected chi connectivity index (χ4v) is 2.98. The minimum atomic E-state index is -0.393. The first-order valence-corrected chi connectivity index (χ1v) is 7.16. The highest BCUT2D eigenvalue weighted by molar-refractivity contribution is 5.98. The number of para-hydroxylation sites is 1. The smallest absolute Gasteiger partial charge is 0.301 e. The number of carbonyl (C=O) groups is 1. The van der Waals surface area contributed by atoms with Gasteiger partial charge in [0.05, 0.1) is 0 Å². The summed E-state index contributed by atoms with van der Waals surface area (Å²) in [4.78, 5) is 14.2. The van der Waals surface area contributed by atoms with E-state index in [0.29, 0.717) is 30.4 Å². The van der Waals surface area contributed by atoms with E-state index in [1.165, 1.54) is 0 Å². The number of carbonyl (C=O) groups excluding carboxylic acids is 1. The second-order valence-electron chi connectivity index (χ2n) is 5.50. The Morgan fingerprint density at radius 1 is 1.43 bits per heavy atom. The minimum Gasteiger partial charge on any atom is -0.451 e. The largest absolute Gasteiger partial charge is 0.451 e. The summed E-state index contributed by atoms with van der Waals surface area (Å²) in [6.07, 6.45) is 1.10. The maximum absolute atomic E-state index is 11.9. The highest BCUT2D eigenvalue weighted by atomic mass is 16.3. The maximum atomic E-state index is 11.9. The summed E-state index contributed by atoms with van der Waals surface area (Å²) in [6, 6.07) is 7.66. The van der Waals surface area contributed by atoms with E-state index in [1.54, 1.807) is 0 Å². The van der Waals surface area contributed by atoms with Crippen LogP contribution in [0, 0.1) is 5.92 Å². The number of fused-ring (bicyclic) bond motifs is 1. The fourth-order valence-electron chi connectivity index (χ4n) is 2.98. The summed E-state index contributed by atoms with van der Waals surface area (Å²) < 4.78 is 5.67. The first-order valence-electron chi connectivity index (χ1n) is 7.16. The number of hydrazine groups is 1. The van der Waals surface area contributed by atoms with Crippen LogP contribution in [0.5, 0.6) is 0 Å². The zero-order valence-corrected chi connectivity index (χ0v) is 11.8. The van der Waals surface area contributed by atoms with Crippen LogP contribution < -0.4 is 17.0 Å². The van der Waals surface area contributed by atoms with Crippen molar-refractivity contribution >= 4 is 16.9 Å². The van der Waals surface area contributed by atoms with Gasteiger partial charge in [-0.05, 0) is 31.5 Å². The van der Waals surface area contributed by atoms with Gasteiger partial charge in [-0.2, -0.15) is 0 Å². The van der Waals surface area contributed by atoms with E-state index in [2.05, 4.69) is 10.3 Å². The normalized spacial score (nSPS) is 19.2. The number of amides is 1. The third-order valence-electron chi connectivity index (χ3n) is 4.12. The van der Waals surface area contributed by atoms with Gasteiger partial charge >= 0.3 is 5.91 Å². The number of furan rings is 1. The first kappa shape index (κ1) is 14.1. The van der Waals surface area contributed by atoms with E-state index in [9.17, 15) is 4.79 Å². The third-order valence-corrected chi connectivity index (χ3v) is 4.12. The molecule has 5 N–H and O–H groups in total. The molecule has 1 unspecified atom stereocenters. The number of nitrogen functional groups attached to an aromatic ring is 1. The van der Waals surface area contributed by atoms with Crippen molar-refractivity contribution in [1.82, 2.24) is 10.3 Å². The number of hydrogen-bond acceptors (Lipinski definition) is 5. The van der Waals surface area contributed by atoms with Crippen LogP contribution in [0.1, 0.15) is 22.5 Å². The Bertz CT molecular complexity index is 652. The van der Waals surface area contributed by atoms with Crippen LogP contribution in [-0.4, -0.2) is 30.4 Å². The van der Waals surface area contributed by atoms with Gasteiger partial charge in [-0.3, -0.25) is 15.1 Å². The number of likely N-dealkylation sites (tertiary alicyclic amines) is 1. The molecule has 0 radical (unpaired) electrons. The van der Waals surface area contributed by atoms with E-state index in [1.807, 2.05) is 24.3 Å². The second-order valence-corrected chi connectivity index (χ2v) is 5.50. The number of benzene rings is 1. The van der Waals surface area contributed by atoms with E-state index in [0.717, 1.165) is 30.5 Å². The summed E-state index contributed by atoms with van der Waals surface area (Å²) in [5.41, 5.74) is 9.49. The molecule has 1 saturated heterocycles. The van der Waals surface area contributed by atoms with Crippen LogP contribution in [0.3, 0.4) is 0 Å². The predicted molar refractivity (Wildman–Crippen MR) is 80.3 cm³/mol. The molecular formula is C15H20N4O2. The van der Waals surface area contributed by atoms with E-state index < -0.39 is 5.91 Å². The average molecular weight is 288 g/mol. The van der Waals surface area contributed by atoms with Crippen molar-refractivity contribution < 1.29 is 9.21 Å². The number of nitrogens with one attached hydrogen (secondary N) is 1. The van der Waals surface area contributed by atoms with Gasteiger partial charge in [-0.25, -0.2) is 5.84 Å². The summed E-state index contributed by atoms with van der Waals surface area (Å²) in [5.74, 6) is 5.70. The van der Waals surface area contributed by atoms with Crippen molar-refractivity contribution in [3.05, 3.63) is 35.6 Å². The molecule has 1 aromatic heterocycles. The lowest BCUT2D eigenvalue weighted by Crippen LogP contribution is -2.31. The van der Waals surface area contributed by atoms with Crippen LogP contribution in [0.4, 0.5) is 0 Å². The van der Waals surface area contributed by atoms with Crippen molar-refractivity contribution in [1.29, 1.82) is 0 Å². The molecule has 1 fully saturated rings. The average Bonchev–Trinajstić information content (AvgIpc) is 3.12. The van der Waals surface area contributed by atoms with Gasteiger partial charge in [0.25, 0.3) is 0 Å². The minimum absolute atomic E-state index is 0.301. The molecule has 0 saturated carbocycles. The Labute approximate surface area is 123 Å². The Morgan fingerprint density at radius 2 is 2.24 bits per heavy atom. The summed E-state index contributed by atoms with van der Waals surface area (Å²) in [6.45, 7) is 3.33. The van der Waals surface area contributed by atoms with Crippen molar-refractivity contribution in [3.63, 3.8) is 0 Å². The van der Waals surface area contributed by atoms with Crippen LogP contribution in [-0.2, 0) is 6.54 Å². The van der Waals surface area contributed by atoms with Gasteiger partial charge < -0.3 is 10.2 Å². The Morgan fingerprint density at radius 3 is 2.95 bits per heavy atom. The lowest BCUT2D eigenvalue weighted by molar-refractivity contribution is 0.0925. The monoisotopic (exact) mass is 288 g/mol. The van der Waals surface area contributed by atoms with Crippen LogP contribution in [0.25, 0.3) is 11.0 Å². The molecule has 1 aliphatic rings. The summed E-state index contributed by atoms with van der Waals surface area (Å²) in [5, 5.41) is 0.965. The number of nitrogens with zero attached hydrogens (tertiary/aromatic N) is 1. The molecule has 112 valence electrons. The van der Waals surface area contributed by atoms with Crippen molar-refractivity contribution in [3.8, 4) is 0 Å². The fraction of sp³-hybridized carbons (Fsp3) is 0.400. The first-order chi connectivity index (χ1) is 10.2. The molecule has 6 heteroatoms. The summed E-state index contributed by atoms with van der Waals surface area (Å²) >= 11 is 0.